The summed E-state index contributed by atoms with van der Waals surface area (Å²) in [6.07, 6.45) is 3.54. The lowest BCUT2D eigenvalue weighted by molar-refractivity contribution is -0.141. The van der Waals surface area contributed by atoms with Crippen molar-refractivity contribution in [3.63, 3.8) is 0 Å². The Morgan fingerprint density at radius 1 is 1.00 bits per heavy atom. The molecule has 0 radical (unpaired) electrons. The predicted molar refractivity (Wildman–Crippen MR) is 127 cm³/mol. The molecular formula is C26H32F3N7O. The van der Waals surface area contributed by atoms with Gasteiger partial charge in [0.1, 0.15) is 11.5 Å². The number of likely N-dealkylation sites (tertiary alicyclic amines) is 3. The van der Waals surface area contributed by atoms with E-state index in [2.05, 4.69) is 20.1 Å². The Morgan fingerprint density at radius 2 is 1.68 bits per heavy atom. The van der Waals surface area contributed by atoms with E-state index >= 15 is 0 Å². The van der Waals surface area contributed by atoms with Gasteiger partial charge < -0.3 is 9.80 Å². The van der Waals surface area contributed by atoms with E-state index in [1.807, 2.05) is 9.80 Å². The zero-order valence-electron chi connectivity index (χ0n) is 20.8. The molecule has 11 heteroatoms. The lowest BCUT2D eigenvalue weighted by Crippen LogP contribution is -2.70. The van der Waals surface area contributed by atoms with E-state index in [4.69, 9.17) is 4.98 Å². The van der Waals surface area contributed by atoms with Crippen molar-refractivity contribution < 1.29 is 18.0 Å². The van der Waals surface area contributed by atoms with Crippen LogP contribution in [0.1, 0.15) is 73.3 Å². The second kappa shape index (κ2) is 8.15. The summed E-state index contributed by atoms with van der Waals surface area (Å²) in [5, 5.41) is 7.56. The number of carbonyl (C=O) groups is 1. The molecule has 2 saturated carbocycles. The molecular weight excluding hydrogens is 483 g/mol. The van der Waals surface area contributed by atoms with E-state index in [0.29, 0.717) is 18.4 Å². The minimum absolute atomic E-state index is 0.173. The molecule has 2 aliphatic carbocycles. The quantitative estimate of drug-likeness (QED) is 0.666. The van der Waals surface area contributed by atoms with Gasteiger partial charge in [0.2, 0.25) is 0 Å². The van der Waals surface area contributed by atoms with Crippen LogP contribution in [-0.4, -0.2) is 80.2 Å². The number of urea groups is 1. The number of hydrogen-bond donors (Lipinski definition) is 1. The van der Waals surface area contributed by atoms with E-state index in [1.165, 1.54) is 25.1 Å². The second-order valence-corrected chi connectivity index (χ2v) is 12.3. The van der Waals surface area contributed by atoms with E-state index in [1.54, 1.807) is 0 Å². The Balaban J connectivity index is 0.838. The highest BCUT2D eigenvalue weighted by Gasteiger charge is 2.57. The molecule has 2 spiro atoms. The molecule has 0 bridgehead atoms. The molecule has 2 aromatic heterocycles. The highest BCUT2D eigenvalue weighted by molar-refractivity contribution is 5.76. The number of carbonyl (C=O) groups excluding carboxylic acids is 1. The molecule has 2 aromatic rings. The molecule has 3 aliphatic heterocycles. The maximum atomic E-state index is 13.0. The number of halogens is 3. The first kappa shape index (κ1) is 23.4. The van der Waals surface area contributed by atoms with Crippen LogP contribution in [0.2, 0.25) is 0 Å². The second-order valence-electron chi connectivity index (χ2n) is 12.3. The number of pyridine rings is 1. The Morgan fingerprint density at radius 3 is 2.27 bits per heavy atom. The maximum absolute atomic E-state index is 13.0. The van der Waals surface area contributed by atoms with Gasteiger partial charge in [-0.15, -0.1) is 0 Å². The summed E-state index contributed by atoms with van der Waals surface area (Å²) in [5.74, 6) is 3.03. The maximum Gasteiger partial charge on any atom is 0.433 e. The largest absolute Gasteiger partial charge is 0.433 e. The highest BCUT2D eigenvalue weighted by Crippen LogP contribution is 2.56. The van der Waals surface area contributed by atoms with Crippen LogP contribution in [0.5, 0.6) is 0 Å². The van der Waals surface area contributed by atoms with Crippen LogP contribution >= 0.6 is 0 Å². The Bertz CT molecular complexity index is 1160. The summed E-state index contributed by atoms with van der Waals surface area (Å²) in [6, 6.07) is 2.75. The van der Waals surface area contributed by atoms with Crippen LogP contribution in [0.25, 0.3) is 0 Å². The normalized spacial score (nSPS) is 25.2. The number of piperidine rings is 1. The van der Waals surface area contributed by atoms with Crippen molar-refractivity contribution in [2.45, 2.75) is 63.1 Å². The molecule has 198 valence electrons. The van der Waals surface area contributed by atoms with Crippen molar-refractivity contribution in [1.29, 1.82) is 0 Å². The monoisotopic (exact) mass is 515 g/mol. The zero-order chi connectivity index (χ0) is 25.4. The first-order valence-electron chi connectivity index (χ1n) is 13.4. The van der Waals surface area contributed by atoms with Crippen LogP contribution in [0.4, 0.5) is 18.0 Å². The molecule has 2 amide bonds. The lowest BCUT2D eigenvalue weighted by Gasteiger charge is -2.61. The smallest absolute Gasteiger partial charge is 0.323 e. The molecule has 37 heavy (non-hydrogen) atoms. The first-order chi connectivity index (χ1) is 17.7. The van der Waals surface area contributed by atoms with Gasteiger partial charge in [0.15, 0.2) is 5.82 Å². The number of nitrogens with one attached hydrogen (secondary N) is 1. The van der Waals surface area contributed by atoms with E-state index in [9.17, 15) is 18.0 Å². The van der Waals surface area contributed by atoms with Gasteiger partial charge in [-0.25, -0.2) is 9.78 Å². The van der Waals surface area contributed by atoms with Crippen LogP contribution in [0, 0.1) is 10.8 Å². The fraction of sp³-hybridized carbons (Fsp3) is 0.692. The van der Waals surface area contributed by atoms with Crippen LogP contribution in [-0.2, 0) is 12.7 Å². The number of nitrogens with zero attached hydrogens (tertiary/aromatic N) is 6. The third-order valence-corrected chi connectivity index (χ3v) is 9.29. The van der Waals surface area contributed by atoms with Crippen LogP contribution in [0.3, 0.4) is 0 Å². The van der Waals surface area contributed by atoms with Crippen molar-refractivity contribution in [2.24, 2.45) is 10.8 Å². The van der Waals surface area contributed by atoms with E-state index in [0.717, 1.165) is 88.2 Å². The van der Waals surface area contributed by atoms with E-state index in [-0.39, 0.29) is 16.9 Å². The molecule has 3 saturated heterocycles. The molecule has 0 atom stereocenters. The summed E-state index contributed by atoms with van der Waals surface area (Å²) < 4.78 is 38.2. The van der Waals surface area contributed by atoms with Crippen LogP contribution in [0.15, 0.2) is 18.3 Å². The van der Waals surface area contributed by atoms with Crippen LogP contribution < -0.4 is 0 Å². The minimum Gasteiger partial charge on any atom is -0.323 e. The highest BCUT2D eigenvalue weighted by atomic mass is 19.4. The van der Waals surface area contributed by atoms with Gasteiger partial charge in [-0.3, -0.25) is 15.0 Å². The molecule has 5 heterocycles. The molecule has 1 N–H and O–H groups in total. The van der Waals surface area contributed by atoms with E-state index < -0.39 is 11.9 Å². The van der Waals surface area contributed by atoms with Crippen molar-refractivity contribution in [3.05, 3.63) is 41.2 Å². The van der Waals surface area contributed by atoms with Gasteiger partial charge in [0.05, 0.1) is 0 Å². The summed E-state index contributed by atoms with van der Waals surface area (Å²) in [6.45, 7) is 5.71. The predicted octanol–water partition coefficient (Wildman–Crippen LogP) is 3.99. The molecule has 7 rings (SSSR count). The molecule has 5 aliphatic rings. The Hall–Kier alpha value is -2.69. The Kier molecular flexibility index (Phi) is 5.16. The standard InChI is InChI=1S/C26H32F3N7O/c27-26(28,29)20-4-1-17(11-30-20)12-34-7-5-24(6-8-34)13-35(14-24)23(37)36-15-25(16-36)9-19(10-25)22-31-21(32-33-22)18-2-3-18/h1,4,11,18-19H,2-3,5-10,12-16H2,(H,31,32,33). The van der Waals surface area contributed by atoms with Gasteiger partial charge in [-0.2, -0.15) is 18.3 Å². The summed E-state index contributed by atoms with van der Waals surface area (Å²) in [7, 11) is 0. The number of aromatic amines is 1. The van der Waals surface area contributed by atoms with Gasteiger partial charge in [-0.1, -0.05) is 6.07 Å². The van der Waals surface area contributed by atoms with Crippen molar-refractivity contribution in [1.82, 2.24) is 34.9 Å². The number of alkyl halides is 3. The van der Waals surface area contributed by atoms with Gasteiger partial charge in [0.25, 0.3) is 0 Å². The third kappa shape index (κ3) is 4.28. The molecule has 8 nitrogen and oxygen atoms in total. The minimum atomic E-state index is -4.41. The summed E-state index contributed by atoms with van der Waals surface area (Å²) in [4.78, 5) is 27.6. The van der Waals surface area contributed by atoms with Gasteiger partial charge >= 0.3 is 12.2 Å². The number of rotatable bonds is 4. The Labute approximate surface area is 213 Å². The molecule has 5 fully saturated rings. The van der Waals surface area contributed by atoms with Gasteiger partial charge in [0, 0.05) is 61.6 Å². The van der Waals surface area contributed by atoms with Gasteiger partial charge in [-0.05, 0) is 63.2 Å². The zero-order valence-corrected chi connectivity index (χ0v) is 20.8. The molecule has 0 unspecified atom stereocenters. The summed E-state index contributed by atoms with van der Waals surface area (Å²) >= 11 is 0. The number of amides is 2. The SMILES string of the molecule is O=C(N1CC2(CCN(Cc3ccc(C(F)(F)F)nc3)CC2)C1)N1CC2(CC(c3n[nH]c(C4CC4)n3)C2)C1. The van der Waals surface area contributed by atoms with Crippen molar-refractivity contribution in [2.75, 3.05) is 39.3 Å². The lowest BCUT2D eigenvalue weighted by atomic mass is 9.57. The first-order valence-corrected chi connectivity index (χ1v) is 13.4. The molecule has 0 aromatic carbocycles. The number of aromatic nitrogens is 4. The fourth-order valence-electron chi connectivity index (χ4n) is 6.88. The fourth-order valence-corrected chi connectivity index (χ4v) is 6.88. The number of H-pyrrole nitrogens is 1. The average molecular weight is 516 g/mol. The third-order valence-electron chi connectivity index (χ3n) is 9.29. The van der Waals surface area contributed by atoms with Crippen molar-refractivity contribution >= 4 is 6.03 Å². The topological polar surface area (TPSA) is 81.3 Å². The van der Waals surface area contributed by atoms with Crippen molar-refractivity contribution in [3.8, 4) is 0 Å². The summed E-state index contributed by atoms with van der Waals surface area (Å²) in [5.41, 5.74) is 0.405. The average Bonchev–Trinajstić information content (AvgIpc) is 3.53. The number of hydrogen-bond acceptors (Lipinski definition) is 5.